The van der Waals surface area contributed by atoms with Gasteiger partial charge in [-0.05, 0) is 36.2 Å². The zero-order chi connectivity index (χ0) is 19.8. The molecule has 1 aliphatic carbocycles. The lowest BCUT2D eigenvalue weighted by Crippen LogP contribution is -2.49. The second-order valence-electron chi connectivity index (χ2n) is 6.99. The summed E-state index contributed by atoms with van der Waals surface area (Å²) in [7, 11) is 0. The molecule has 0 radical (unpaired) electrons. The Kier molecular flexibility index (Phi) is 7.14. The number of thiocarbonyl (C=S) groups is 1. The van der Waals surface area contributed by atoms with Crippen LogP contribution in [0.2, 0.25) is 0 Å². The van der Waals surface area contributed by atoms with Crippen LogP contribution in [-0.4, -0.2) is 22.8 Å². The molecule has 28 heavy (non-hydrogen) atoms. The fourth-order valence-electron chi connectivity index (χ4n) is 3.33. The normalized spacial score (nSPS) is 13.7. The Morgan fingerprint density at radius 3 is 2.18 bits per heavy atom. The molecule has 146 valence electrons. The summed E-state index contributed by atoms with van der Waals surface area (Å²) in [6, 6.07) is 17.8. The Morgan fingerprint density at radius 2 is 1.50 bits per heavy atom. The highest BCUT2D eigenvalue weighted by Gasteiger charge is 2.15. The van der Waals surface area contributed by atoms with Crippen LogP contribution < -0.4 is 16.2 Å². The molecule has 1 aliphatic rings. The largest absolute Gasteiger partial charge is 0.359 e. The second-order valence-corrected chi connectivity index (χ2v) is 7.40. The molecular formula is C22H25N3O2S. The van der Waals surface area contributed by atoms with E-state index >= 15 is 0 Å². The second kappa shape index (κ2) is 9.99. The molecule has 2 aromatic rings. The zero-order valence-corrected chi connectivity index (χ0v) is 16.6. The maximum atomic E-state index is 12.3. The van der Waals surface area contributed by atoms with Crippen molar-refractivity contribution in [3.05, 3.63) is 60.2 Å². The van der Waals surface area contributed by atoms with Crippen LogP contribution in [0.3, 0.4) is 0 Å². The van der Waals surface area contributed by atoms with Gasteiger partial charge in [0.2, 0.25) is 5.91 Å². The van der Waals surface area contributed by atoms with Crippen LogP contribution in [-0.2, 0) is 4.79 Å². The van der Waals surface area contributed by atoms with Crippen molar-refractivity contribution in [3.63, 3.8) is 0 Å². The van der Waals surface area contributed by atoms with Crippen LogP contribution in [0, 0.1) is 0 Å². The monoisotopic (exact) mass is 395 g/mol. The van der Waals surface area contributed by atoms with Crippen molar-refractivity contribution in [1.82, 2.24) is 16.2 Å². The number of rotatable bonds is 6. The first-order chi connectivity index (χ1) is 13.6. The maximum absolute atomic E-state index is 12.3. The van der Waals surface area contributed by atoms with Gasteiger partial charge in [0, 0.05) is 24.4 Å². The summed E-state index contributed by atoms with van der Waals surface area (Å²) in [5, 5.41) is 3.60. The van der Waals surface area contributed by atoms with E-state index in [1.54, 1.807) is 0 Å². The van der Waals surface area contributed by atoms with Crippen molar-refractivity contribution >= 4 is 29.0 Å². The third-order valence-corrected chi connectivity index (χ3v) is 5.12. The van der Waals surface area contributed by atoms with Gasteiger partial charge in [0.25, 0.3) is 0 Å². The van der Waals surface area contributed by atoms with Crippen LogP contribution in [0.25, 0.3) is 11.1 Å². The molecule has 0 heterocycles. The molecule has 0 atom stereocenters. The third-order valence-electron chi connectivity index (χ3n) is 4.90. The average molecular weight is 396 g/mol. The molecule has 1 amide bonds. The molecule has 0 aliphatic heterocycles. The van der Waals surface area contributed by atoms with Crippen LogP contribution in [0.4, 0.5) is 0 Å². The third kappa shape index (κ3) is 5.89. The van der Waals surface area contributed by atoms with Crippen LogP contribution in [0.5, 0.6) is 0 Å². The molecule has 0 bridgehead atoms. The van der Waals surface area contributed by atoms with E-state index in [-0.39, 0.29) is 24.5 Å². The summed E-state index contributed by atoms with van der Waals surface area (Å²) >= 11 is 5.17. The summed E-state index contributed by atoms with van der Waals surface area (Å²) in [6.07, 6.45) is 4.89. The van der Waals surface area contributed by atoms with Crippen molar-refractivity contribution in [2.45, 2.75) is 44.6 Å². The Morgan fingerprint density at radius 1 is 0.857 bits per heavy atom. The van der Waals surface area contributed by atoms with Crippen molar-refractivity contribution in [1.29, 1.82) is 0 Å². The number of carbonyl (C=O) groups excluding carboxylic acids is 2. The molecule has 0 unspecified atom stereocenters. The molecule has 0 spiro atoms. The number of Topliss-reactive ketones (excluding diaryl/α,β-unsaturated/α-hetero) is 1. The van der Waals surface area contributed by atoms with Gasteiger partial charge in [-0.2, -0.15) is 0 Å². The van der Waals surface area contributed by atoms with E-state index in [0.29, 0.717) is 16.7 Å². The summed E-state index contributed by atoms with van der Waals surface area (Å²) in [4.78, 5) is 24.3. The number of hydrazine groups is 1. The Labute approximate surface area is 170 Å². The topological polar surface area (TPSA) is 70.2 Å². The smallest absolute Gasteiger partial charge is 0.238 e. The van der Waals surface area contributed by atoms with Gasteiger partial charge < -0.3 is 5.32 Å². The van der Waals surface area contributed by atoms with E-state index < -0.39 is 0 Å². The average Bonchev–Trinajstić information content (AvgIpc) is 3.24. The highest BCUT2D eigenvalue weighted by Crippen LogP contribution is 2.20. The van der Waals surface area contributed by atoms with E-state index in [4.69, 9.17) is 12.2 Å². The summed E-state index contributed by atoms with van der Waals surface area (Å²) in [5.74, 6) is -0.314. The molecule has 1 saturated carbocycles. The maximum Gasteiger partial charge on any atom is 0.238 e. The Balaban J connectivity index is 1.40. The molecule has 3 rings (SSSR count). The van der Waals surface area contributed by atoms with E-state index in [2.05, 4.69) is 16.2 Å². The van der Waals surface area contributed by atoms with Crippen molar-refractivity contribution in [3.8, 4) is 11.1 Å². The molecule has 6 heteroatoms. The lowest BCUT2D eigenvalue weighted by molar-refractivity contribution is -0.121. The van der Waals surface area contributed by atoms with Crippen LogP contribution >= 0.6 is 12.2 Å². The summed E-state index contributed by atoms with van der Waals surface area (Å²) in [6.45, 7) is 0. The first-order valence-electron chi connectivity index (χ1n) is 9.66. The molecule has 5 nitrogen and oxygen atoms in total. The van der Waals surface area contributed by atoms with Crippen molar-refractivity contribution in [2.75, 3.05) is 0 Å². The Hall–Kier alpha value is -2.73. The predicted molar refractivity (Wildman–Crippen MR) is 115 cm³/mol. The lowest BCUT2D eigenvalue weighted by Gasteiger charge is -2.16. The van der Waals surface area contributed by atoms with Crippen molar-refractivity contribution < 1.29 is 9.59 Å². The van der Waals surface area contributed by atoms with E-state index in [0.717, 1.165) is 24.0 Å². The quantitative estimate of drug-likeness (QED) is 0.395. The molecular weight excluding hydrogens is 370 g/mol. The molecule has 0 saturated heterocycles. The number of hydrogen-bond donors (Lipinski definition) is 3. The summed E-state index contributed by atoms with van der Waals surface area (Å²) < 4.78 is 0. The minimum absolute atomic E-state index is 0.0542. The SMILES string of the molecule is O=C(CCC(=O)c1ccc(-c2ccccc2)cc1)NNC(=S)NC1CCCC1. The number of carbonyl (C=O) groups is 2. The first-order valence-corrected chi connectivity index (χ1v) is 10.1. The first kappa shape index (κ1) is 20.0. The van der Waals surface area contributed by atoms with Gasteiger partial charge in [0.15, 0.2) is 10.9 Å². The standard InChI is InChI=1S/C22H25N3O2S/c26-20(18-12-10-17(11-13-18)16-6-2-1-3-7-16)14-15-21(27)24-25-22(28)23-19-8-4-5-9-19/h1-3,6-7,10-13,19H,4-5,8-9,14-15H2,(H,24,27)(H2,23,25,28). The van der Waals surface area contributed by atoms with Gasteiger partial charge in [-0.15, -0.1) is 0 Å². The fourth-order valence-corrected chi connectivity index (χ4v) is 3.55. The highest BCUT2D eigenvalue weighted by molar-refractivity contribution is 7.80. The van der Waals surface area contributed by atoms with Gasteiger partial charge >= 0.3 is 0 Å². The van der Waals surface area contributed by atoms with E-state index in [1.807, 2.05) is 54.6 Å². The number of amides is 1. The van der Waals surface area contributed by atoms with Crippen LogP contribution in [0.15, 0.2) is 54.6 Å². The number of nitrogens with one attached hydrogen (secondary N) is 3. The Bertz CT molecular complexity index is 815. The molecule has 2 aromatic carbocycles. The van der Waals surface area contributed by atoms with Gasteiger partial charge in [0.1, 0.15) is 0 Å². The number of hydrogen-bond acceptors (Lipinski definition) is 3. The lowest BCUT2D eigenvalue weighted by atomic mass is 10.0. The number of ketones is 1. The minimum Gasteiger partial charge on any atom is -0.359 e. The van der Waals surface area contributed by atoms with Gasteiger partial charge in [0.05, 0.1) is 0 Å². The highest BCUT2D eigenvalue weighted by atomic mass is 32.1. The van der Waals surface area contributed by atoms with Crippen molar-refractivity contribution in [2.24, 2.45) is 0 Å². The zero-order valence-electron chi connectivity index (χ0n) is 15.7. The number of benzene rings is 2. The van der Waals surface area contributed by atoms with Gasteiger partial charge in [-0.1, -0.05) is 67.4 Å². The van der Waals surface area contributed by atoms with Crippen LogP contribution in [0.1, 0.15) is 48.9 Å². The van der Waals surface area contributed by atoms with E-state index in [1.165, 1.54) is 12.8 Å². The van der Waals surface area contributed by atoms with Gasteiger partial charge in [-0.3, -0.25) is 20.4 Å². The molecule has 1 fully saturated rings. The molecule has 0 aromatic heterocycles. The minimum atomic E-state index is -0.259. The molecule has 3 N–H and O–H groups in total. The summed E-state index contributed by atoms with van der Waals surface area (Å²) in [5.41, 5.74) is 8.03. The predicted octanol–water partition coefficient (Wildman–Crippen LogP) is 3.75. The van der Waals surface area contributed by atoms with E-state index in [9.17, 15) is 9.59 Å². The fraction of sp³-hybridized carbons (Fsp3) is 0.318. The van der Waals surface area contributed by atoms with Gasteiger partial charge in [-0.25, -0.2) is 0 Å².